The average Bonchev–Trinajstić information content (AvgIpc) is 3.09. The molecular weight excluding hydrogens is 588 g/mol. The Morgan fingerprint density at radius 3 is 1.98 bits per heavy atom. The Labute approximate surface area is 278 Å². The number of benzene rings is 4. The number of rotatable bonds is 12. The zero-order valence-electron chi connectivity index (χ0n) is 27.9. The summed E-state index contributed by atoms with van der Waals surface area (Å²) in [6, 6.07) is 24.6. The fourth-order valence-electron chi connectivity index (χ4n) is 7.02. The molecule has 0 spiro atoms. The largest absolute Gasteiger partial charge is 0.496 e. The lowest BCUT2D eigenvalue weighted by Crippen LogP contribution is -2.38. The lowest BCUT2D eigenvalue weighted by atomic mass is 9.85. The summed E-state index contributed by atoms with van der Waals surface area (Å²) >= 11 is 0. The number of methoxy groups -OCH3 is 2. The van der Waals surface area contributed by atoms with Crippen LogP contribution in [0, 0.1) is 0 Å². The van der Waals surface area contributed by atoms with Crippen LogP contribution in [0.25, 0.3) is 0 Å². The molecule has 2 heterocycles. The van der Waals surface area contributed by atoms with E-state index >= 15 is 0 Å². The number of hydrogen-bond acceptors (Lipinski definition) is 8. The number of hydrogen-bond donors (Lipinski definition) is 3. The molecule has 8 heteroatoms. The lowest BCUT2D eigenvalue weighted by molar-refractivity contribution is 0.0637. The molecular formula is C39H48N4O4. The maximum absolute atomic E-state index is 10.7. The Hall–Kier alpha value is -4.24. The molecule has 0 bridgehead atoms. The van der Waals surface area contributed by atoms with Crippen molar-refractivity contribution in [1.82, 2.24) is 9.80 Å². The zero-order valence-corrected chi connectivity index (χ0v) is 27.9. The topological polar surface area (TPSA) is 106 Å². The van der Waals surface area contributed by atoms with Gasteiger partial charge in [-0.3, -0.25) is 9.80 Å². The Balaban J connectivity index is 1.12. The minimum absolute atomic E-state index is 0.0994. The molecule has 2 aliphatic heterocycles. The highest BCUT2D eigenvalue weighted by Crippen LogP contribution is 2.40. The van der Waals surface area contributed by atoms with Crippen LogP contribution in [-0.4, -0.2) is 68.0 Å². The van der Waals surface area contributed by atoms with E-state index in [1.54, 1.807) is 26.4 Å². The molecule has 5 N–H and O–H groups in total. The Kier molecular flexibility index (Phi) is 10.2. The second-order valence-corrected chi connectivity index (χ2v) is 13.0. The van der Waals surface area contributed by atoms with E-state index in [1.165, 1.54) is 38.9 Å². The van der Waals surface area contributed by atoms with Gasteiger partial charge in [-0.1, -0.05) is 31.2 Å². The van der Waals surface area contributed by atoms with E-state index in [-0.39, 0.29) is 12.5 Å². The zero-order chi connectivity index (χ0) is 32.9. The fourth-order valence-corrected chi connectivity index (χ4v) is 7.02. The van der Waals surface area contributed by atoms with Gasteiger partial charge in [0.25, 0.3) is 0 Å². The normalized spacial score (nSPS) is 16.2. The maximum atomic E-state index is 10.7. The fraction of sp³-hybridized carbons (Fsp3) is 0.385. The van der Waals surface area contributed by atoms with Crippen molar-refractivity contribution >= 4 is 11.4 Å². The summed E-state index contributed by atoms with van der Waals surface area (Å²) in [6.07, 6.45) is 2.32. The quantitative estimate of drug-likeness (QED) is 0.177. The first-order valence-corrected chi connectivity index (χ1v) is 16.6. The summed E-state index contributed by atoms with van der Waals surface area (Å²) in [7, 11) is 3.52. The monoisotopic (exact) mass is 636 g/mol. The Bertz CT molecular complexity index is 1670. The number of β-amino-alcohol motifs (C(OH)–C–C–N with tert-alkyl or cyclic N) is 1. The van der Waals surface area contributed by atoms with Crippen molar-refractivity contribution in [2.24, 2.45) is 0 Å². The van der Waals surface area contributed by atoms with Crippen molar-refractivity contribution in [3.05, 3.63) is 112 Å². The smallest absolute Gasteiger partial charge is 0.123 e. The molecule has 2 atom stereocenters. The highest BCUT2D eigenvalue weighted by atomic mass is 16.5. The van der Waals surface area contributed by atoms with E-state index in [1.807, 2.05) is 24.3 Å². The van der Waals surface area contributed by atoms with Crippen molar-refractivity contribution < 1.29 is 19.3 Å². The number of ether oxygens (including phenoxy) is 3. The van der Waals surface area contributed by atoms with Crippen LogP contribution >= 0.6 is 0 Å². The van der Waals surface area contributed by atoms with Crippen LogP contribution in [0.15, 0.2) is 72.8 Å². The highest BCUT2D eigenvalue weighted by molar-refractivity contribution is 5.53. The summed E-state index contributed by atoms with van der Waals surface area (Å²) in [6.45, 7) is 7.62. The van der Waals surface area contributed by atoms with Crippen LogP contribution in [0.5, 0.6) is 17.2 Å². The van der Waals surface area contributed by atoms with E-state index in [4.69, 9.17) is 25.7 Å². The maximum Gasteiger partial charge on any atom is 0.123 e. The number of aliphatic hydroxyl groups excluding tert-OH is 1. The minimum Gasteiger partial charge on any atom is -0.496 e. The predicted molar refractivity (Wildman–Crippen MR) is 188 cm³/mol. The molecule has 0 aliphatic carbocycles. The van der Waals surface area contributed by atoms with E-state index in [0.717, 1.165) is 69.2 Å². The molecule has 0 fully saturated rings. The number of nitrogens with zero attached hydrogens (tertiary/aromatic N) is 2. The number of nitrogen functional groups attached to an aromatic ring is 2. The van der Waals surface area contributed by atoms with Crippen LogP contribution in [0.4, 0.5) is 11.4 Å². The van der Waals surface area contributed by atoms with Crippen molar-refractivity contribution in [1.29, 1.82) is 0 Å². The van der Waals surface area contributed by atoms with Gasteiger partial charge in [0.05, 0.1) is 14.2 Å². The predicted octanol–water partition coefficient (Wildman–Crippen LogP) is 5.42. The van der Waals surface area contributed by atoms with Crippen molar-refractivity contribution in [2.75, 3.05) is 58.5 Å². The first kappa shape index (κ1) is 32.7. The summed E-state index contributed by atoms with van der Waals surface area (Å²) < 4.78 is 17.8. The van der Waals surface area contributed by atoms with Gasteiger partial charge in [-0.05, 0) is 95.6 Å². The molecule has 4 aromatic carbocycles. The summed E-state index contributed by atoms with van der Waals surface area (Å²) in [4.78, 5) is 4.81. The van der Waals surface area contributed by atoms with E-state index in [9.17, 15) is 5.11 Å². The van der Waals surface area contributed by atoms with Gasteiger partial charge in [0.15, 0.2) is 0 Å². The highest BCUT2D eigenvalue weighted by Gasteiger charge is 2.26. The molecule has 0 saturated heterocycles. The lowest BCUT2D eigenvalue weighted by Gasteiger charge is -2.32. The number of nitrogens with two attached hydrogens (primary N) is 2. The molecule has 0 radical (unpaired) electrons. The average molecular weight is 637 g/mol. The van der Waals surface area contributed by atoms with Crippen molar-refractivity contribution in [2.45, 2.75) is 51.3 Å². The van der Waals surface area contributed by atoms with Gasteiger partial charge in [0.1, 0.15) is 30.0 Å². The van der Waals surface area contributed by atoms with Gasteiger partial charge in [-0.25, -0.2) is 0 Å². The molecule has 0 saturated carbocycles. The number of anilines is 2. The van der Waals surface area contributed by atoms with Gasteiger partial charge in [0.2, 0.25) is 0 Å². The van der Waals surface area contributed by atoms with Gasteiger partial charge in [0, 0.05) is 67.7 Å². The molecule has 0 amide bonds. The third-order valence-electron chi connectivity index (χ3n) is 9.68. The third kappa shape index (κ3) is 7.84. The van der Waals surface area contributed by atoms with Crippen LogP contribution < -0.4 is 25.7 Å². The van der Waals surface area contributed by atoms with Gasteiger partial charge in [-0.2, -0.15) is 0 Å². The van der Waals surface area contributed by atoms with E-state index in [2.05, 4.69) is 53.1 Å². The van der Waals surface area contributed by atoms with Gasteiger partial charge < -0.3 is 30.8 Å². The molecule has 8 nitrogen and oxygen atoms in total. The summed E-state index contributed by atoms with van der Waals surface area (Å²) in [5, 5.41) is 10.7. The van der Waals surface area contributed by atoms with Crippen LogP contribution in [0.1, 0.15) is 51.8 Å². The number of aliphatic hydroxyl groups is 1. The second kappa shape index (κ2) is 14.7. The molecule has 2 unspecified atom stereocenters. The van der Waals surface area contributed by atoms with Gasteiger partial charge >= 0.3 is 0 Å². The minimum atomic E-state index is -0.595. The number of fused-ring (bicyclic) bond motifs is 2. The summed E-state index contributed by atoms with van der Waals surface area (Å²) in [5.41, 5.74) is 22.2. The molecule has 248 valence electrons. The third-order valence-corrected chi connectivity index (χ3v) is 9.68. The van der Waals surface area contributed by atoms with Gasteiger partial charge in [-0.15, -0.1) is 0 Å². The molecule has 4 aromatic rings. The molecule has 0 aromatic heterocycles. The SMILES string of the molecule is COc1cc2c(cc1C(C)c1cc3c(cc1OC)CN(CC(O)COc1ccc(N)cc1)CC3)CCN(CCc1cccc(N)c1)C2. The molecule has 2 aliphatic rings. The summed E-state index contributed by atoms with van der Waals surface area (Å²) in [5.74, 6) is 2.62. The van der Waals surface area contributed by atoms with E-state index < -0.39 is 6.10 Å². The van der Waals surface area contributed by atoms with Crippen molar-refractivity contribution in [3.8, 4) is 17.2 Å². The van der Waals surface area contributed by atoms with Crippen molar-refractivity contribution in [3.63, 3.8) is 0 Å². The second-order valence-electron chi connectivity index (χ2n) is 13.0. The first-order chi connectivity index (χ1) is 22.8. The molecule has 47 heavy (non-hydrogen) atoms. The Morgan fingerprint density at radius 1 is 0.745 bits per heavy atom. The Morgan fingerprint density at radius 2 is 1.36 bits per heavy atom. The van der Waals surface area contributed by atoms with Crippen LogP contribution in [0.2, 0.25) is 0 Å². The molecule has 6 rings (SSSR count). The standard InChI is InChI=1S/C39H48N4O4/c1-26(36-18-28-12-15-42(22-30(28)20-38(36)45-2)14-11-27-5-4-6-33(41)17-27)37-19-29-13-16-43(23-31(29)21-39(37)46-3)24-34(44)25-47-35-9-7-32(40)8-10-35/h4-10,17-21,26,34,44H,11-16,22-25,40-41H2,1-3H3. The van der Waals surface area contributed by atoms with Crippen LogP contribution in [0.3, 0.4) is 0 Å². The van der Waals surface area contributed by atoms with Crippen LogP contribution in [-0.2, 0) is 32.4 Å². The first-order valence-electron chi connectivity index (χ1n) is 16.6. The van der Waals surface area contributed by atoms with E-state index in [0.29, 0.717) is 18.0 Å².